The molecule has 2 unspecified atom stereocenters. The summed E-state index contributed by atoms with van der Waals surface area (Å²) < 4.78 is 5.33. The standard InChI is InChI=1S/C24H29ClN4O/c1-5-15(6-2)27-23-18-8-7-9-20(18)28-24-22(14(3)21(13-26)29(23)24)17-11-10-16(30-4)12-19(17)25/h10-12,14-15,21,28H,5-9H2,1-4H3. The SMILES string of the molecule is CCC(CC)N=C1C2=C(CCC2)NC2=C(c3ccc(OC)cc3Cl)C(C)C(C#N)N12. The Balaban J connectivity index is 1.91. The highest BCUT2D eigenvalue weighted by molar-refractivity contribution is 6.32. The van der Waals surface area contributed by atoms with Crippen molar-refractivity contribution in [2.24, 2.45) is 10.9 Å². The van der Waals surface area contributed by atoms with Crippen molar-refractivity contribution in [3.8, 4) is 11.8 Å². The van der Waals surface area contributed by atoms with Crippen molar-refractivity contribution in [3.05, 3.63) is 45.9 Å². The molecule has 2 atom stereocenters. The van der Waals surface area contributed by atoms with Gasteiger partial charge in [0.25, 0.3) is 0 Å². The Hall–Kier alpha value is -2.45. The largest absolute Gasteiger partial charge is 0.497 e. The zero-order valence-electron chi connectivity index (χ0n) is 18.1. The molecule has 0 saturated carbocycles. The Labute approximate surface area is 184 Å². The van der Waals surface area contributed by atoms with E-state index in [9.17, 15) is 5.26 Å². The monoisotopic (exact) mass is 424 g/mol. The lowest BCUT2D eigenvalue weighted by Crippen LogP contribution is -2.45. The second kappa shape index (κ2) is 8.35. The number of hydrogen-bond donors (Lipinski definition) is 1. The first-order chi connectivity index (χ1) is 14.5. The topological polar surface area (TPSA) is 60.7 Å². The van der Waals surface area contributed by atoms with E-state index in [1.807, 2.05) is 18.2 Å². The van der Waals surface area contributed by atoms with Crippen LogP contribution in [0.25, 0.3) is 5.57 Å². The molecule has 0 spiro atoms. The summed E-state index contributed by atoms with van der Waals surface area (Å²) in [6.45, 7) is 6.46. The van der Waals surface area contributed by atoms with Crippen molar-refractivity contribution in [3.63, 3.8) is 0 Å². The molecule has 0 saturated heterocycles. The van der Waals surface area contributed by atoms with Crippen LogP contribution in [0.2, 0.25) is 5.02 Å². The fraction of sp³-hybridized carbons (Fsp3) is 0.500. The van der Waals surface area contributed by atoms with Gasteiger partial charge in [0.1, 0.15) is 23.4 Å². The number of allylic oxidation sites excluding steroid dienone is 1. The summed E-state index contributed by atoms with van der Waals surface area (Å²) in [4.78, 5) is 7.32. The number of fused-ring (bicyclic) bond motifs is 1. The van der Waals surface area contributed by atoms with E-state index in [4.69, 9.17) is 21.3 Å². The van der Waals surface area contributed by atoms with Gasteiger partial charge in [0.2, 0.25) is 0 Å². The van der Waals surface area contributed by atoms with E-state index in [0.717, 1.165) is 60.6 Å². The van der Waals surface area contributed by atoms with Crippen molar-refractivity contribution >= 4 is 23.0 Å². The number of rotatable bonds is 5. The first-order valence-corrected chi connectivity index (χ1v) is 11.3. The van der Waals surface area contributed by atoms with Crippen molar-refractivity contribution in [1.29, 1.82) is 5.26 Å². The number of nitriles is 1. The van der Waals surface area contributed by atoms with Gasteiger partial charge in [-0.3, -0.25) is 9.89 Å². The van der Waals surface area contributed by atoms with E-state index in [-0.39, 0.29) is 18.0 Å². The fourth-order valence-electron chi connectivity index (χ4n) is 4.82. The van der Waals surface area contributed by atoms with Gasteiger partial charge in [-0.2, -0.15) is 5.26 Å². The van der Waals surface area contributed by atoms with Crippen molar-refractivity contribution in [1.82, 2.24) is 10.2 Å². The van der Waals surface area contributed by atoms with E-state index >= 15 is 0 Å². The molecule has 4 rings (SSSR count). The fourth-order valence-corrected chi connectivity index (χ4v) is 5.09. The Bertz CT molecular complexity index is 983. The second-order valence-corrected chi connectivity index (χ2v) is 8.61. The summed E-state index contributed by atoms with van der Waals surface area (Å²) in [5.41, 5.74) is 4.54. The van der Waals surface area contributed by atoms with Gasteiger partial charge in [0.15, 0.2) is 0 Å². The molecule has 0 aromatic heterocycles. The number of aliphatic imine (C=N–C) groups is 1. The van der Waals surface area contributed by atoms with Gasteiger partial charge in [0, 0.05) is 28.3 Å². The number of amidine groups is 1. The van der Waals surface area contributed by atoms with Gasteiger partial charge >= 0.3 is 0 Å². The number of hydrogen-bond acceptors (Lipinski definition) is 4. The highest BCUT2D eigenvalue weighted by Crippen LogP contribution is 2.46. The van der Waals surface area contributed by atoms with E-state index in [1.54, 1.807) is 7.11 Å². The highest BCUT2D eigenvalue weighted by Gasteiger charge is 2.46. The molecule has 1 N–H and O–H groups in total. The van der Waals surface area contributed by atoms with Gasteiger partial charge in [-0.25, -0.2) is 0 Å². The summed E-state index contributed by atoms with van der Waals surface area (Å²) in [5.74, 6) is 2.67. The van der Waals surface area contributed by atoms with Crippen LogP contribution in [-0.2, 0) is 0 Å². The molecule has 0 bridgehead atoms. The minimum atomic E-state index is -0.316. The average Bonchev–Trinajstić information content (AvgIpc) is 3.33. The molecule has 6 heteroatoms. The van der Waals surface area contributed by atoms with Crippen LogP contribution < -0.4 is 10.1 Å². The van der Waals surface area contributed by atoms with Gasteiger partial charge in [0.05, 0.1) is 24.2 Å². The average molecular weight is 425 g/mol. The van der Waals surface area contributed by atoms with Gasteiger partial charge < -0.3 is 10.1 Å². The predicted octanol–water partition coefficient (Wildman–Crippen LogP) is 5.49. The molecule has 1 aliphatic carbocycles. The summed E-state index contributed by atoms with van der Waals surface area (Å²) >= 11 is 6.67. The molecule has 30 heavy (non-hydrogen) atoms. The molecule has 1 aromatic carbocycles. The molecule has 1 aromatic rings. The van der Waals surface area contributed by atoms with Crippen LogP contribution in [0.1, 0.15) is 58.4 Å². The Kier molecular flexibility index (Phi) is 5.79. The molecule has 2 aliphatic heterocycles. The lowest BCUT2D eigenvalue weighted by molar-refractivity contribution is 0.400. The predicted molar refractivity (Wildman–Crippen MR) is 121 cm³/mol. The second-order valence-electron chi connectivity index (χ2n) is 8.20. The van der Waals surface area contributed by atoms with Gasteiger partial charge in [-0.05, 0) is 50.3 Å². The van der Waals surface area contributed by atoms with Crippen LogP contribution >= 0.6 is 11.6 Å². The van der Waals surface area contributed by atoms with E-state index in [1.165, 1.54) is 11.3 Å². The van der Waals surface area contributed by atoms with Crippen LogP contribution in [0.3, 0.4) is 0 Å². The van der Waals surface area contributed by atoms with Gasteiger partial charge in [-0.1, -0.05) is 32.4 Å². The molecule has 0 amide bonds. The Morgan fingerprint density at radius 1 is 1.33 bits per heavy atom. The molecule has 5 nitrogen and oxygen atoms in total. The maximum Gasteiger partial charge on any atom is 0.135 e. The van der Waals surface area contributed by atoms with Crippen LogP contribution in [0, 0.1) is 17.2 Å². The molecule has 2 heterocycles. The number of methoxy groups -OCH3 is 1. The lowest BCUT2D eigenvalue weighted by atomic mass is 9.91. The van der Waals surface area contributed by atoms with Crippen LogP contribution in [0.5, 0.6) is 5.75 Å². The molecular weight excluding hydrogens is 396 g/mol. The van der Waals surface area contributed by atoms with E-state index < -0.39 is 0 Å². The van der Waals surface area contributed by atoms with Crippen molar-refractivity contribution < 1.29 is 4.74 Å². The minimum Gasteiger partial charge on any atom is -0.497 e. The first kappa shape index (κ1) is 20.8. The summed E-state index contributed by atoms with van der Waals surface area (Å²) in [5, 5.41) is 14.4. The third kappa shape index (κ3) is 3.28. The normalized spacial score (nSPS) is 24.3. The molecule has 0 fully saturated rings. The van der Waals surface area contributed by atoms with Crippen LogP contribution in [0.4, 0.5) is 0 Å². The zero-order chi connectivity index (χ0) is 21.4. The number of ether oxygens (including phenoxy) is 1. The summed E-state index contributed by atoms with van der Waals surface area (Å²) in [7, 11) is 1.64. The molecule has 3 aliphatic rings. The number of nitrogens with one attached hydrogen (secondary N) is 1. The first-order valence-electron chi connectivity index (χ1n) is 10.9. The molecule has 158 valence electrons. The third-order valence-corrected chi connectivity index (χ3v) is 6.85. The third-order valence-electron chi connectivity index (χ3n) is 6.53. The van der Waals surface area contributed by atoms with Crippen LogP contribution in [0.15, 0.2) is 40.3 Å². The van der Waals surface area contributed by atoms with Crippen molar-refractivity contribution in [2.45, 2.75) is 65.0 Å². The Morgan fingerprint density at radius 3 is 2.73 bits per heavy atom. The number of nitrogens with zero attached hydrogens (tertiary/aromatic N) is 3. The summed E-state index contributed by atoms with van der Waals surface area (Å²) in [6, 6.07) is 8.25. The lowest BCUT2D eigenvalue weighted by Gasteiger charge is -2.35. The maximum atomic E-state index is 10.1. The maximum absolute atomic E-state index is 10.1. The molecule has 0 radical (unpaired) electrons. The highest BCUT2D eigenvalue weighted by atomic mass is 35.5. The van der Waals surface area contributed by atoms with Crippen LogP contribution in [-0.4, -0.2) is 29.9 Å². The van der Waals surface area contributed by atoms with E-state index in [0.29, 0.717) is 5.02 Å². The zero-order valence-corrected chi connectivity index (χ0v) is 18.9. The van der Waals surface area contributed by atoms with Gasteiger partial charge in [-0.15, -0.1) is 0 Å². The minimum absolute atomic E-state index is 0.00433. The van der Waals surface area contributed by atoms with Crippen molar-refractivity contribution in [2.75, 3.05) is 7.11 Å². The smallest absolute Gasteiger partial charge is 0.135 e. The van der Waals surface area contributed by atoms with E-state index in [2.05, 4.69) is 37.1 Å². The molecular formula is C24H29ClN4O. The number of benzene rings is 1. The number of halogens is 1. The Morgan fingerprint density at radius 2 is 2.10 bits per heavy atom. The quantitative estimate of drug-likeness (QED) is 0.678. The summed E-state index contributed by atoms with van der Waals surface area (Å²) in [6.07, 6.45) is 5.13.